The second kappa shape index (κ2) is 8.01. The highest BCUT2D eigenvalue weighted by Crippen LogP contribution is 2.46. The third-order valence-corrected chi connectivity index (χ3v) is 6.36. The highest BCUT2D eigenvalue weighted by Gasteiger charge is 2.59. The number of nitrogens with zero attached hydrogens (tertiary/aromatic N) is 2. The molecule has 3 aromatic carbocycles. The van der Waals surface area contributed by atoms with Gasteiger partial charge in [-0.05, 0) is 29.7 Å². The monoisotopic (exact) mass is 427 g/mol. The number of hydrogen-bond acceptors (Lipinski definition) is 5. The zero-order valence-corrected chi connectivity index (χ0v) is 17.1. The first-order valence-electron chi connectivity index (χ1n) is 10.5. The Labute approximate surface area is 184 Å². The summed E-state index contributed by atoms with van der Waals surface area (Å²) in [7, 11) is 0. The molecule has 7 nitrogen and oxygen atoms in total. The third-order valence-electron chi connectivity index (χ3n) is 6.36. The van der Waals surface area contributed by atoms with E-state index in [9.17, 15) is 19.7 Å². The number of amides is 2. The maximum absolute atomic E-state index is 13.5. The van der Waals surface area contributed by atoms with E-state index < -0.39 is 22.8 Å². The molecule has 2 amide bonds. The van der Waals surface area contributed by atoms with Gasteiger partial charge in [-0.2, -0.15) is 0 Å². The standard InChI is InChI=1S/C25H21N3O4/c29-24-21-20(15-16-7-3-1-4-8-16)26-23(17-11-13-19(14-12-17)28(31)32)22(21)25(30)27(24)18-9-5-2-6-10-18/h1-14,20-23,26H,15H2/t20-,21-,22-,23-/m0/s1. The van der Waals surface area contributed by atoms with E-state index in [2.05, 4.69) is 5.32 Å². The first-order valence-corrected chi connectivity index (χ1v) is 10.5. The van der Waals surface area contributed by atoms with E-state index in [1.54, 1.807) is 36.4 Å². The fourth-order valence-corrected chi connectivity index (χ4v) is 4.92. The predicted molar refractivity (Wildman–Crippen MR) is 119 cm³/mol. The maximum atomic E-state index is 13.5. The Hall–Kier alpha value is -3.84. The van der Waals surface area contributed by atoms with Crippen molar-refractivity contribution in [2.75, 3.05) is 4.90 Å². The van der Waals surface area contributed by atoms with Crippen molar-refractivity contribution < 1.29 is 14.5 Å². The van der Waals surface area contributed by atoms with Crippen LogP contribution in [-0.2, 0) is 16.0 Å². The molecule has 2 fully saturated rings. The van der Waals surface area contributed by atoms with E-state index in [1.807, 2.05) is 36.4 Å². The average molecular weight is 427 g/mol. The van der Waals surface area contributed by atoms with Crippen LogP contribution in [0.4, 0.5) is 11.4 Å². The second-order valence-corrected chi connectivity index (χ2v) is 8.19. The minimum absolute atomic E-state index is 0.0103. The molecule has 3 aromatic rings. The SMILES string of the molecule is O=C1[C@@H]2[C@H](C(=O)N1c1ccccc1)[C@H](c1ccc([N+](=O)[O-])cc1)N[C@H]2Cc1ccccc1. The first kappa shape index (κ1) is 20.1. The van der Waals surface area contributed by atoms with Gasteiger partial charge < -0.3 is 5.32 Å². The summed E-state index contributed by atoms with van der Waals surface area (Å²) in [5.74, 6) is -1.53. The zero-order chi connectivity index (χ0) is 22.2. The quantitative estimate of drug-likeness (QED) is 0.381. The molecule has 2 heterocycles. The summed E-state index contributed by atoms with van der Waals surface area (Å²) in [6, 6.07) is 24.4. The van der Waals surface area contributed by atoms with Gasteiger partial charge in [0.25, 0.3) is 5.69 Å². The lowest BCUT2D eigenvalue weighted by atomic mass is 9.85. The molecule has 1 N–H and O–H groups in total. The van der Waals surface area contributed by atoms with Crippen molar-refractivity contribution in [2.45, 2.75) is 18.5 Å². The molecule has 0 aliphatic carbocycles. The molecule has 4 atom stereocenters. The van der Waals surface area contributed by atoms with E-state index in [0.29, 0.717) is 12.1 Å². The summed E-state index contributed by atoms with van der Waals surface area (Å²) < 4.78 is 0. The summed E-state index contributed by atoms with van der Waals surface area (Å²) in [5.41, 5.74) is 2.39. The molecule has 2 saturated heterocycles. The number of imide groups is 1. The van der Waals surface area contributed by atoms with Gasteiger partial charge in [0.15, 0.2) is 0 Å². The molecule has 2 aliphatic rings. The molecule has 2 aliphatic heterocycles. The zero-order valence-electron chi connectivity index (χ0n) is 17.1. The van der Waals surface area contributed by atoms with Gasteiger partial charge >= 0.3 is 0 Å². The minimum Gasteiger partial charge on any atom is -0.305 e. The van der Waals surface area contributed by atoms with Crippen molar-refractivity contribution in [2.24, 2.45) is 11.8 Å². The summed E-state index contributed by atoms with van der Waals surface area (Å²) in [4.78, 5) is 38.9. The molecule has 32 heavy (non-hydrogen) atoms. The number of para-hydroxylation sites is 1. The lowest BCUT2D eigenvalue weighted by Gasteiger charge is -2.23. The molecule has 0 aromatic heterocycles. The van der Waals surface area contributed by atoms with E-state index >= 15 is 0 Å². The van der Waals surface area contributed by atoms with Gasteiger partial charge in [-0.3, -0.25) is 19.7 Å². The first-order chi connectivity index (χ1) is 15.5. The van der Waals surface area contributed by atoms with Crippen molar-refractivity contribution in [3.63, 3.8) is 0 Å². The number of carbonyl (C=O) groups excluding carboxylic acids is 2. The van der Waals surface area contributed by atoms with E-state index in [-0.39, 0.29) is 23.5 Å². The number of non-ortho nitro benzene ring substituents is 1. The highest BCUT2D eigenvalue weighted by molar-refractivity contribution is 6.22. The predicted octanol–water partition coefficient (Wildman–Crippen LogP) is 3.66. The smallest absolute Gasteiger partial charge is 0.269 e. The molecule has 0 unspecified atom stereocenters. The Balaban J connectivity index is 1.53. The summed E-state index contributed by atoms with van der Waals surface area (Å²) in [6.07, 6.45) is 0.604. The number of nitro groups is 1. The van der Waals surface area contributed by atoms with Crippen LogP contribution in [0, 0.1) is 22.0 Å². The van der Waals surface area contributed by atoms with Crippen LogP contribution in [-0.4, -0.2) is 22.8 Å². The highest BCUT2D eigenvalue weighted by atomic mass is 16.6. The van der Waals surface area contributed by atoms with Gasteiger partial charge in [0.2, 0.25) is 11.8 Å². The molecular weight excluding hydrogens is 406 g/mol. The molecule has 7 heteroatoms. The van der Waals surface area contributed by atoms with Crippen molar-refractivity contribution in [3.05, 3.63) is 106 Å². The Bertz CT molecular complexity index is 1160. The summed E-state index contributed by atoms with van der Waals surface area (Å²) in [6.45, 7) is 0. The number of anilines is 1. The number of rotatable bonds is 5. The van der Waals surface area contributed by atoms with Crippen molar-refractivity contribution in [3.8, 4) is 0 Å². The van der Waals surface area contributed by atoms with Gasteiger partial charge in [-0.1, -0.05) is 60.7 Å². The van der Waals surface area contributed by atoms with E-state index in [1.165, 1.54) is 17.0 Å². The maximum Gasteiger partial charge on any atom is 0.269 e. The van der Waals surface area contributed by atoms with Crippen molar-refractivity contribution >= 4 is 23.2 Å². The van der Waals surface area contributed by atoms with Gasteiger partial charge in [0.1, 0.15) is 0 Å². The number of nitro benzene ring substituents is 1. The number of nitrogens with one attached hydrogen (secondary N) is 1. The number of carbonyl (C=O) groups is 2. The average Bonchev–Trinajstić information content (AvgIpc) is 3.31. The van der Waals surface area contributed by atoms with E-state index in [4.69, 9.17) is 0 Å². The summed E-state index contributed by atoms with van der Waals surface area (Å²) in [5, 5.41) is 14.6. The molecule has 0 spiro atoms. The fraction of sp³-hybridized carbons (Fsp3) is 0.200. The van der Waals surface area contributed by atoms with Crippen LogP contribution in [0.1, 0.15) is 17.2 Å². The topological polar surface area (TPSA) is 92.5 Å². The van der Waals surface area contributed by atoms with Crippen molar-refractivity contribution in [1.29, 1.82) is 0 Å². The number of fused-ring (bicyclic) bond motifs is 1. The van der Waals surface area contributed by atoms with Gasteiger partial charge in [-0.15, -0.1) is 0 Å². The minimum atomic E-state index is -0.571. The normalized spacial score (nSPS) is 24.6. The number of benzene rings is 3. The summed E-state index contributed by atoms with van der Waals surface area (Å²) >= 11 is 0. The van der Waals surface area contributed by atoms with Crippen LogP contribution in [0.15, 0.2) is 84.9 Å². The van der Waals surface area contributed by atoms with Gasteiger partial charge in [0.05, 0.1) is 22.4 Å². The Morgan fingerprint density at radius 2 is 1.41 bits per heavy atom. The molecule has 0 bridgehead atoms. The lowest BCUT2D eigenvalue weighted by Crippen LogP contribution is -2.40. The van der Waals surface area contributed by atoms with Crippen LogP contribution in [0.2, 0.25) is 0 Å². The molecule has 0 radical (unpaired) electrons. The van der Waals surface area contributed by atoms with Crippen LogP contribution in [0.3, 0.4) is 0 Å². The van der Waals surface area contributed by atoms with Crippen LogP contribution >= 0.6 is 0 Å². The second-order valence-electron chi connectivity index (χ2n) is 8.19. The van der Waals surface area contributed by atoms with Crippen LogP contribution in [0.5, 0.6) is 0 Å². The Morgan fingerprint density at radius 3 is 2.03 bits per heavy atom. The van der Waals surface area contributed by atoms with Gasteiger partial charge in [-0.25, -0.2) is 4.90 Å². The molecule has 160 valence electrons. The Morgan fingerprint density at radius 1 is 0.812 bits per heavy atom. The molecule has 0 saturated carbocycles. The fourth-order valence-electron chi connectivity index (χ4n) is 4.92. The van der Waals surface area contributed by atoms with E-state index in [0.717, 1.165) is 11.1 Å². The van der Waals surface area contributed by atoms with Crippen LogP contribution < -0.4 is 10.2 Å². The lowest BCUT2D eigenvalue weighted by molar-refractivity contribution is -0.384. The number of hydrogen-bond donors (Lipinski definition) is 1. The molecule has 5 rings (SSSR count). The van der Waals surface area contributed by atoms with Crippen LogP contribution in [0.25, 0.3) is 0 Å². The molecular formula is C25H21N3O4. The Kier molecular flexibility index (Phi) is 5.03. The van der Waals surface area contributed by atoms with Crippen molar-refractivity contribution in [1.82, 2.24) is 5.32 Å². The largest absolute Gasteiger partial charge is 0.305 e. The van der Waals surface area contributed by atoms with Gasteiger partial charge in [0, 0.05) is 24.2 Å². The third kappa shape index (κ3) is 3.36.